The molecule has 1 N–H and O–H groups in total. The number of rotatable bonds is 5. The third kappa shape index (κ3) is 4.06. The van der Waals surface area contributed by atoms with Crippen LogP contribution in [-0.2, 0) is 0 Å². The molecule has 1 aromatic rings. The lowest BCUT2D eigenvalue weighted by molar-refractivity contribution is 0.270. The van der Waals surface area contributed by atoms with Crippen molar-refractivity contribution in [3.63, 3.8) is 0 Å². The van der Waals surface area contributed by atoms with Crippen LogP contribution in [-0.4, -0.2) is 54.1 Å². The van der Waals surface area contributed by atoms with Gasteiger partial charge >= 0.3 is 0 Å². The average Bonchev–Trinajstić information content (AvgIpc) is 2.45. The van der Waals surface area contributed by atoms with Crippen molar-refractivity contribution in [1.82, 2.24) is 14.9 Å². The highest BCUT2D eigenvalue weighted by molar-refractivity contribution is 5.42. The largest absolute Gasteiger partial charge is 0.354 e. The van der Waals surface area contributed by atoms with E-state index in [-0.39, 0.29) is 0 Å². The third-order valence-corrected chi connectivity index (χ3v) is 3.45. The second-order valence-electron chi connectivity index (χ2n) is 5.43. The molecule has 0 amide bonds. The van der Waals surface area contributed by atoms with Gasteiger partial charge in [0.25, 0.3) is 0 Å². The summed E-state index contributed by atoms with van der Waals surface area (Å²) in [5.41, 5.74) is 0. The van der Waals surface area contributed by atoms with Crippen LogP contribution in [0.5, 0.6) is 0 Å². The SMILES string of the molecule is CCN1CCN(c2ccnc(NCC(C)C)n2)CC1. The van der Waals surface area contributed by atoms with E-state index in [4.69, 9.17) is 0 Å². The van der Waals surface area contributed by atoms with E-state index in [0.29, 0.717) is 5.92 Å². The van der Waals surface area contributed by atoms with Crippen molar-refractivity contribution in [2.45, 2.75) is 20.8 Å². The van der Waals surface area contributed by atoms with Gasteiger partial charge in [0.1, 0.15) is 5.82 Å². The van der Waals surface area contributed by atoms with E-state index in [1.165, 1.54) is 0 Å². The van der Waals surface area contributed by atoms with E-state index in [9.17, 15) is 0 Å². The van der Waals surface area contributed by atoms with E-state index < -0.39 is 0 Å². The Morgan fingerprint density at radius 2 is 2.00 bits per heavy atom. The molecule has 5 nitrogen and oxygen atoms in total. The number of nitrogens with one attached hydrogen (secondary N) is 1. The number of likely N-dealkylation sites (N-methyl/N-ethyl adjacent to an activating group) is 1. The van der Waals surface area contributed by atoms with Gasteiger partial charge in [0, 0.05) is 38.9 Å². The minimum Gasteiger partial charge on any atom is -0.354 e. The summed E-state index contributed by atoms with van der Waals surface area (Å²) in [5.74, 6) is 2.38. The Kier molecular flexibility index (Phi) is 4.96. The highest BCUT2D eigenvalue weighted by atomic mass is 15.3. The molecule has 106 valence electrons. The van der Waals surface area contributed by atoms with Crippen LogP contribution < -0.4 is 10.2 Å². The predicted molar refractivity (Wildman–Crippen MR) is 79.7 cm³/mol. The van der Waals surface area contributed by atoms with Crippen molar-refractivity contribution < 1.29 is 0 Å². The van der Waals surface area contributed by atoms with E-state index >= 15 is 0 Å². The van der Waals surface area contributed by atoms with Gasteiger partial charge in [-0.1, -0.05) is 20.8 Å². The minimum absolute atomic E-state index is 0.598. The van der Waals surface area contributed by atoms with Gasteiger partial charge in [0.15, 0.2) is 0 Å². The van der Waals surface area contributed by atoms with Crippen LogP contribution in [0.1, 0.15) is 20.8 Å². The number of hydrogen-bond acceptors (Lipinski definition) is 5. The van der Waals surface area contributed by atoms with Gasteiger partial charge in [0.2, 0.25) is 5.95 Å². The number of nitrogens with zero attached hydrogens (tertiary/aromatic N) is 4. The van der Waals surface area contributed by atoms with Crippen LogP contribution >= 0.6 is 0 Å². The van der Waals surface area contributed by atoms with Gasteiger partial charge in [-0.3, -0.25) is 0 Å². The number of aromatic nitrogens is 2. The summed E-state index contributed by atoms with van der Waals surface area (Å²) in [5, 5.41) is 3.28. The normalized spacial score (nSPS) is 16.9. The topological polar surface area (TPSA) is 44.3 Å². The quantitative estimate of drug-likeness (QED) is 0.876. The Bertz CT molecular complexity index is 385. The zero-order chi connectivity index (χ0) is 13.7. The van der Waals surface area contributed by atoms with E-state index in [1.54, 1.807) is 0 Å². The van der Waals surface area contributed by atoms with Crippen molar-refractivity contribution in [1.29, 1.82) is 0 Å². The maximum absolute atomic E-state index is 4.60. The summed E-state index contributed by atoms with van der Waals surface area (Å²) in [4.78, 5) is 13.7. The average molecular weight is 263 g/mol. The first kappa shape index (κ1) is 14.1. The maximum Gasteiger partial charge on any atom is 0.224 e. The fraction of sp³-hybridized carbons (Fsp3) is 0.714. The van der Waals surface area contributed by atoms with Gasteiger partial charge in [-0.2, -0.15) is 4.98 Å². The highest BCUT2D eigenvalue weighted by Crippen LogP contribution is 2.14. The van der Waals surface area contributed by atoms with Crippen molar-refractivity contribution in [3.8, 4) is 0 Å². The summed E-state index contributed by atoms with van der Waals surface area (Å²) >= 11 is 0. The molecule has 1 aromatic heterocycles. The summed E-state index contributed by atoms with van der Waals surface area (Å²) in [6.45, 7) is 13.0. The summed E-state index contributed by atoms with van der Waals surface area (Å²) in [7, 11) is 0. The molecule has 0 aromatic carbocycles. The lowest BCUT2D eigenvalue weighted by atomic mass is 10.2. The van der Waals surface area contributed by atoms with Gasteiger partial charge in [-0.15, -0.1) is 0 Å². The molecule has 0 unspecified atom stereocenters. The molecule has 1 saturated heterocycles. The van der Waals surface area contributed by atoms with Crippen LogP contribution in [0, 0.1) is 5.92 Å². The molecule has 0 spiro atoms. The first-order valence-corrected chi connectivity index (χ1v) is 7.23. The van der Waals surface area contributed by atoms with E-state index in [0.717, 1.165) is 51.0 Å². The van der Waals surface area contributed by atoms with Gasteiger partial charge in [-0.25, -0.2) is 4.98 Å². The third-order valence-electron chi connectivity index (χ3n) is 3.45. The smallest absolute Gasteiger partial charge is 0.224 e. The Morgan fingerprint density at radius 1 is 1.26 bits per heavy atom. The van der Waals surface area contributed by atoms with Gasteiger partial charge < -0.3 is 15.1 Å². The first-order chi connectivity index (χ1) is 9.19. The Morgan fingerprint density at radius 3 is 2.63 bits per heavy atom. The molecule has 5 heteroatoms. The lowest BCUT2D eigenvalue weighted by Crippen LogP contribution is -2.46. The second-order valence-corrected chi connectivity index (χ2v) is 5.43. The second kappa shape index (κ2) is 6.70. The Hall–Kier alpha value is -1.36. The molecule has 0 atom stereocenters. The zero-order valence-corrected chi connectivity index (χ0v) is 12.3. The lowest BCUT2D eigenvalue weighted by Gasteiger charge is -2.34. The molecule has 0 aliphatic carbocycles. The molecule has 0 radical (unpaired) electrons. The van der Waals surface area contributed by atoms with E-state index in [1.807, 2.05) is 12.3 Å². The van der Waals surface area contributed by atoms with E-state index in [2.05, 4.69) is 45.9 Å². The van der Waals surface area contributed by atoms with Crippen LogP contribution in [0.15, 0.2) is 12.3 Å². The minimum atomic E-state index is 0.598. The van der Waals surface area contributed by atoms with Crippen LogP contribution in [0.4, 0.5) is 11.8 Å². The van der Waals surface area contributed by atoms with Crippen molar-refractivity contribution in [2.24, 2.45) is 5.92 Å². The van der Waals surface area contributed by atoms with Crippen molar-refractivity contribution in [2.75, 3.05) is 49.5 Å². The molecule has 1 fully saturated rings. The standard InChI is InChI=1S/C14H25N5/c1-4-18-7-9-19(10-8-18)13-5-6-15-14(17-13)16-11-12(2)3/h5-6,12H,4,7-11H2,1-3H3,(H,15,16,17). The molecule has 0 saturated carbocycles. The number of piperazine rings is 1. The Balaban J connectivity index is 1.95. The monoisotopic (exact) mass is 263 g/mol. The number of anilines is 2. The molecule has 0 bridgehead atoms. The summed E-state index contributed by atoms with van der Waals surface area (Å²) < 4.78 is 0. The van der Waals surface area contributed by atoms with Crippen LogP contribution in [0.2, 0.25) is 0 Å². The number of hydrogen-bond donors (Lipinski definition) is 1. The first-order valence-electron chi connectivity index (χ1n) is 7.23. The van der Waals surface area contributed by atoms with Crippen molar-refractivity contribution in [3.05, 3.63) is 12.3 Å². The fourth-order valence-electron chi connectivity index (χ4n) is 2.20. The molecule has 1 aliphatic rings. The van der Waals surface area contributed by atoms with Gasteiger partial charge in [0.05, 0.1) is 0 Å². The molecular formula is C14H25N5. The molecule has 1 aliphatic heterocycles. The van der Waals surface area contributed by atoms with Crippen LogP contribution in [0.25, 0.3) is 0 Å². The molecular weight excluding hydrogens is 238 g/mol. The summed E-state index contributed by atoms with van der Waals surface area (Å²) in [6.07, 6.45) is 1.84. The summed E-state index contributed by atoms with van der Waals surface area (Å²) in [6, 6.07) is 2.00. The molecule has 19 heavy (non-hydrogen) atoms. The molecule has 2 rings (SSSR count). The van der Waals surface area contributed by atoms with Crippen molar-refractivity contribution >= 4 is 11.8 Å². The zero-order valence-electron chi connectivity index (χ0n) is 12.3. The predicted octanol–water partition coefficient (Wildman–Crippen LogP) is 1.69. The maximum atomic E-state index is 4.60. The Labute approximate surface area is 116 Å². The van der Waals surface area contributed by atoms with Gasteiger partial charge in [-0.05, 0) is 18.5 Å². The molecule has 2 heterocycles. The fourth-order valence-corrected chi connectivity index (χ4v) is 2.20. The highest BCUT2D eigenvalue weighted by Gasteiger charge is 2.17. The van der Waals surface area contributed by atoms with Crippen LogP contribution in [0.3, 0.4) is 0 Å².